The summed E-state index contributed by atoms with van der Waals surface area (Å²) < 4.78 is 26.7. The first-order valence-corrected chi connectivity index (χ1v) is 19.1. The standard InChI is InChI=1S/C29H46O4S2Si/c1-7-8-9-11-21-18-24-26(25(19-21)33-36(5,6)27(2,3)4)22-20-28(30-14-15-31-28)13-12-23(22)29(32-24)34-16-10-17-35-29/h18-19,22-23H,7-17,20H2,1-6H3/t22?,23-/m1/s1. The van der Waals surface area contributed by atoms with Crippen LogP contribution in [0.15, 0.2) is 12.1 Å². The molecule has 3 aliphatic heterocycles. The number of rotatable bonds is 6. The Balaban J connectivity index is 1.61. The average molecular weight is 551 g/mol. The molecule has 2 saturated heterocycles. The van der Waals surface area contributed by atoms with Gasteiger partial charge < -0.3 is 18.6 Å². The minimum atomic E-state index is -2.04. The quantitative estimate of drug-likeness (QED) is 0.262. The van der Waals surface area contributed by atoms with Gasteiger partial charge in [0.25, 0.3) is 0 Å². The van der Waals surface area contributed by atoms with Gasteiger partial charge in [-0.2, -0.15) is 0 Å². The lowest BCUT2D eigenvalue weighted by Crippen LogP contribution is -2.52. The number of thioether (sulfide) groups is 2. The Morgan fingerprint density at radius 3 is 2.47 bits per heavy atom. The first-order valence-electron chi connectivity index (χ1n) is 14.2. The molecule has 3 fully saturated rings. The van der Waals surface area contributed by atoms with Crippen LogP contribution in [-0.2, 0) is 15.9 Å². The lowest BCUT2D eigenvalue weighted by molar-refractivity contribution is -0.192. The van der Waals surface area contributed by atoms with Gasteiger partial charge in [0, 0.05) is 30.2 Å². The number of fused-ring (bicyclic) bond motifs is 4. The van der Waals surface area contributed by atoms with Crippen LogP contribution < -0.4 is 9.16 Å². The second-order valence-electron chi connectivity index (χ2n) is 12.6. The molecule has 1 unspecified atom stereocenters. The number of hydrogen-bond donors (Lipinski definition) is 0. The molecule has 36 heavy (non-hydrogen) atoms. The summed E-state index contributed by atoms with van der Waals surface area (Å²) in [5.74, 6) is 4.82. The lowest BCUT2D eigenvalue weighted by Gasteiger charge is -2.54. The van der Waals surface area contributed by atoms with Gasteiger partial charge >= 0.3 is 0 Å². The smallest absolute Gasteiger partial charge is 0.250 e. The molecule has 202 valence electrons. The molecule has 0 radical (unpaired) electrons. The third kappa shape index (κ3) is 5.13. The van der Waals surface area contributed by atoms with Crippen LogP contribution in [0.25, 0.3) is 0 Å². The van der Waals surface area contributed by atoms with Crippen LogP contribution >= 0.6 is 23.5 Å². The predicted octanol–water partition coefficient (Wildman–Crippen LogP) is 8.35. The summed E-state index contributed by atoms with van der Waals surface area (Å²) in [6, 6.07) is 4.72. The molecule has 1 aromatic rings. The molecule has 7 heteroatoms. The fourth-order valence-corrected chi connectivity index (χ4v) is 10.5. The summed E-state index contributed by atoms with van der Waals surface area (Å²) in [7, 11) is -2.04. The maximum atomic E-state index is 7.15. The predicted molar refractivity (Wildman–Crippen MR) is 155 cm³/mol. The number of aryl methyl sites for hydroxylation is 1. The van der Waals surface area contributed by atoms with Crippen molar-refractivity contribution in [1.29, 1.82) is 0 Å². The molecule has 4 nitrogen and oxygen atoms in total. The van der Waals surface area contributed by atoms with E-state index in [4.69, 9.17) is 18.6 Å². The normalized spacial score (nSPS) is 26.9. The van der Waals surface area contributed by atoms with Crippen LogP contribution in [0.1, 0.15) is 89.7 Å². The summed E-state index contributed by atoms with van der Waals surface area (Å²) in [6.07, 6.45) is 8.98. The van der Waals surface area contributed by atoms with E-state index in [1.165, 1.54) is 48.3 Å². The molecular weight excluding hydrogens is 505 g/mol. The third-order valence-electron chi connectivity index (χ3n) is 9.04. The molecule has 4 aliphatic rings. The molecule has 3 heterocycles. The second kappa shape index (κ2) is 10.3. The SMILES string of the molecule is CCCCCc1cc2c(c(O[Si](C)(C)C(C)(C)C)c1)C1CC3(CC[C@H]1C1(O2)SCCCS1)OCCO3. The summed E-state index contributed by atoms with van der Waals surface area (Å²) in [4.78, 5) is 0. The average Bonchev–Trinajstić information content (AvgIpc) is 3.26. The van der Waals surface area contributed by atoms with Crippen molar-refractivity contribution in [3.63, 3.8) is 0 Å². The third-order valence-corrected chi connectivity index (χ3v) is 16.7. The minimum absolute atomic E-state index is 0.134. The molecular formula is C29H46O4S2Si. The summed E-state index contributed by atoms with van der Waals surface area (Å²) in [5, 5.41) is 0.134. The number of ether oxygens (including phenoxy) is 3. The molecule has 5 rings (SSSR count). The van der Waals surface area contributed by atoms with E-state index in [1.54, 1.807) is 0 Å². The fourth-order valence-electron chi connectivity index (χ4n) is 6.01. The largest absolute Gasteiger partial charge is 0.543 e. The van der Waals surface area contributed by atoms with E-state index in [0.29, 0.717) is 25.0 Å². The van der Waals surface area contributed by atoms with E-state index >= 15 is 0 Å². The Morgan fingerprint density at radius 1 is 1.08 bits per heavy atom. The van der Waals surface area contributed by atoms with Gasteiger partial charge in [0.15, 0.2) is 5.79 Å². The van der Waals surface area contributed by atoms with E-state index < -0.39 is 14.1 Å². The summed E-state index contributed by atoms with van der Waals surface area (Å²) in [6.45, 7) is 15.4. The fraction of sp³-hybridized carbons (Fsp3) is 0.793. The summed E-state index contributed by atoms with van der Waals surface area (Å²) >= 11 is 4.09. The van der Waals surface area contributed by atoms with Crippen molar-refractivity contribution in [1.82, 2.24) is 0 Å². The first kappa shape index (κ1) is 27.2. The van der Waals surface area contributed by atoms with Crippen molar-refractivity contribution in [3.8, 4) is 11.5 Å². The second-order valence-corrected chi connectivity index (χ2v) is 20.2. The van der Waals surface area contributed by atoms with Crippen LogP contribution in [-0.4, -0.2) is 43.1 Å². The topological polar surface area (TPSA) is 36.9 Å². The number of unbranched alkanes of at least 4 members (excludes halogenated alkanes) is 2. The highest BCUT2D eigenvalue weighted by molar-refractivity contribution is 8.18. The Bertz CT molecular complexity index is 932. The van der Waals surface area contributed by atoms with Gasteiger partial charge in [-0.1, -0.05) is 40.5 Å². The Labute approximate surface area is 228 Å². The highest BCUT2D eigenvalue weighted by Crippen LogP contribution is 2.64. The van der Waals surface area contributed by atoms with E-state index in [1.807, 2.05) is 23.5 Å². The summed E-state index contributed by atoms with van der Waals surface area (Å²) in [5.41, 5.74) is 2.65. The zero-order valence-electron chi connectivity index (χ0n) is 23.2. The Morgan fingerprint density at radius 2 is 1.81 bits per heavy atom. The first-order chi connectivity index (χ1) is 17.1. The van der Waals surface area contributed by atoms with Crippen LogP contribution in [0.5, 0.6) is 11.5 Å². The van der Waals surface area contributed by atoms with Crippen LogP contribution in [0, 0.1) is 5.92 Å². The van der Waals surface area contributed by atoms with Crippen molar-refractivity contribution in [3.05, 3.63) is 23.3 Å². The van der Waals surface area contributed by atoms with Crippen LogP contribution in [0.4, 0.5) is 0 Å². The van der Waals surface area contributed by atoms with Gasteiger partial charge in [-0.05, 0) is 73.0 Å². The van der Waals surface area contributed by atoms with Gasteiger partial charge in [-0.15, -0.1) is 23.5 Å². The van der Waals surface area contributed by atoms with Crippen molar-refractivity contribution >= 4 is 31.8 Å². The molecule has 0 amide bonds. The van der Waals surface area contributed by atoms with Crippen LogP contribution in [0.3, 0.4) is 0 Å². The molecule has 1 saturated carbocycles. The highest BCUT2D eigenvalue weighted by atomic mass is 32.2. The molecule has 1 aromatic carbocycles. The number of hydrogen-bond acceptors (Lipinski definition) is 6. The van der Waals surface area contributed by atoms with E-state index in [9.17, 15) is 0 Å². The maximum Gasteiger partial charge on any atom is 0.250 e. The lowest BCUT2D eigenvalue weighted by atomic mass is 9.71. The molecule has 0 N–H and O–H groups in total. The van der Waals surface area contributed by atoms with Gasteiger partial charge in [-0.25, -0.2) is 0 Å². The van der Waals surface area contributed by atoms with E-state index in [2.05, 4.69) is 52.9 Å². The Kier molecular flexibility index (Phi) is 7.81. The zero-order chi connectivity index (χ0) is 25.6. The molecule has 0 aromatic heterocycles. The zero-order valence-corrected chi connectivity index (χ0v) is 25.9. The van der Waals surface area contributed by atoms with Gasteiger partial charge in [0.1, 0.15) is 11.5 Å². The monoisotopic (exact) mass is 550 g/mol. The van der Waals surface area contributed by atoms with Crippen molar-refractivity contribution in [2.45, 2.75) is 113 Å². The van der Waals surface area contributed by atoms with Crippen LogP contribution in [0.2, 0.25) is 18.1 Å². The van der Waals surface area contributed by atoms with Crippen molar-refractivity contribution < 1.29 is 18.6 Å². The molecule has 2 atom stereocenters. The molecule has 2 spiro atoms. The Hall–Kier alpha value is -0.343. The van der Waals surface area contributed by atoms with E-state index in [0.717, 1.165) is 37.2 Å². The molecule has 0 bridgehead atoms. The minimum Gasteiger partial charge on any atom is -0.543 e. The maximum absolute atomic E-state index is 7.15. The van der Waals surface area contributed by atoms with Gasteiger partial charge in [-0.3, -0.25) is 0 Å². The highest BCUT2D eigenvalue weighted by Gasteiger charge is 2.58. The molecule has 1 aliphatic carbocycles. The van der Waals surface area contributed by atoms with E-state index in [-0.39, 0.29) is 9.30 Å². The van der Waals surface area contributed by atoms with Crippen molar-refractivity contribution in [2.75, 3.05) is 24.7 Å². The van der Waals surface area contributed by atoms with Gasteiger partial charge in [0.2, 0.25) is 12.6 Å². The van der Waals surface area contributed by atoms with Crippen molar-refractivity contribution in [2.24, 2.45) is 5.92 Å². The number of benzene rings is 1. The van der Waals surface area contributed by atoms with Gasteiger partial charge in [0.05, 0.1) is 13.2 Å².